The lowest BCUT2D eigenvalue weighted by atomic mass is 10.2. The number of methoxy groups -OCH3 is 1. The van der Waals surface area contributed by atoms with E-state index < -0.39 is 5.97 Å². The number of para-hydroxylation sites is 1. The number of anilines is 1. The first-order chi connectivity index (χ1) is 11.1. The molecule has 3 aromatic rings. The average Bonchev–Trinajstić information content (AvgIpc) is 2.92. The lowest BCUT2D eigenvalue weighted by Crippen LogP contribution is -2.14. The number of aromatic nitrogens is 2. The molecule has 23 heavy (non-hydrogen) atoms. The van der Waals surface area contributed by atoms with Gasteiger partial charge in [0.05, 0.1) is 18.2 Å². The molecule has 0 atom stereocenters. The molecule has 0 radical (unpaired) electrons. The maximum absolute atomic E-state index is 12.5. The van der Waals surface area contributed by atoms with Gasteiger partial charge in [-0.1, -0.05) is 24.3 Å². The number of esters is 1. The molecule has 3 rings (SSSR count). The van der Waals surface area contributed by atoms with Gasteiger partial charge in [-0.2, -0.15) is 5.10 Å². The molecule has 116 valence electrons. The van der Waals surface area contributed by atoms with Gasteiger partial charge in [0, 0.05) is 18.1 Å². The molecule has 0 aliphatic heterocycles. The highest BCUT2D eigenvalue weighted by Gasteiger charge is 2.16. The first kappa shape index (κ1) is 14.8. The van der Waals surface area contributed by atoms with Gasteiger partial charge < -0.3 is 10.1 Å². The third-order valence-corrected chi connectivity index (χ3v) is 3.51. The molecule has 0 bridgehead atoms. The van der Waals surface area contributed by atoms with Crippen molar-refractivity contribution in [2.45, 2.75) is 0 Å². The van der Waals surface area contributed by atoms with Gasteiger partial charge in [0.15, 0.2) is 5.69 Å². The topological polar surface area (TPSA) is 73.2 Å². The van der Waals surface area contributed by atoms with Gasteiger partial charge in [-0.25, -0.2) is 4.79 Å². The van der Waals surface area contributed by atoms with Crippen LogP contribution in [0.1, 0.15) is 20.8 Å². The number of nitrogens with zero attached hydrogens (tertiary/aromatic N) is 2. The van der Waals surface area contributed by atoms with E-state index in [1.807, 2.05) is 24.3 Å². The van der Waals surface area contributed by atoms with Crippen LogP contribution in [0, 0.1) is 0 Å². The maximum atomic E-state index is 12.5. The fourth-order valence-corrected chi connectivity index (χ4v) is 2.41. The molecule has 0 aliphatic rings. The average molecular weight is 309 g/mol. The number of benzene rings is 2. The molecule has 1 aromatic heterocycles. The highest BCUT2D eigenvalue weighted by molar-refractivity contribution is 6.11. The summed E-state index contributed by atoms with van der Waals surface area (Å²) < 4.78 is 6.34. The van der Waals surface area contributed by atoms with Crippen molar-refractivity contribution < 1.29 is 14.3 Å². The Morgan fingerprint density at radius 2 is 1.91 bits per heavy atom. The molecule has 0 spiro atoms. The second-order valence-electron chi connectivity index (χ2n) is 5.02. The Morgan fingerprint density at radius 1 is 1.13 bits per heavy atom. The number of amides is 1. The molecule has 2 aromatic carbocycles. The lowest BCUT2D eigenvalue weighted by Gasteiger charge is -2.05. The smallest absolute Gasteiger partial charge is 0.337 e. The van der Waals surface area contributed by atoms with Gasteiger partial charge in [0.25, 0.3) is 5.91 Å². The van der Waals surface area contributed by atoms with Crippen molar-refractivity contribution >= 4 is 28.5 Å². The minimum absolute atomic E-state index is 0.330. The quantitative estimate of drug-likeness (QED) is 0.755. The van der Waals surface area contributed by atoms with Crippen molar-refractivity contribution in [3.8, 4) is 0 Å². The Balaban J connectivity index is 1.91. The van der Waals surface area contributed by atoms with Gasteiger partial charge in [0.2, 0.25) is 0 Å². The number of aryl methyl sites for hydroxylation is 1. The fourth-order valence-electron chi connectivity index (χ4n) is 2.41. The van der Waals surface area contributed by atoms with Crippen molar-refractivity contribution in [2.75, 3.05) is 12.4 Å². The summed E-state index contributed by atoms with van der Waals surface area (Å²) in [4.78, 5) is 24.0. The minimum Gasteiger partial charge on any atom is -0.465 e. The zero-order valence-corrected chi connectivity index (χ0v) is 12.7. The molecule has 1 amide bonds. The number of carbonyl (C=O) groups excluding carboxylic acids is 2. The second kappa shape index (κ2) is 5.92. The van der Waals surface area contributed by atoms with Gasteiger partial charge in [-0.3, -0.25) is 9.48 Å². The van der Waals surface area contributed by atoms with Crippen LogP contribution in [-0.2, 0) is 11.8 Å². The van der Waals surface area contributed by atoms with Crippen LogP contribution < -0.4 is 5.32 Å². The largest absolute Gasteiger partial charge is 0.465 e. The van der Waals surface area contributed by atoms with Gasteiger partial charge >= 0.3 is 5.97 Å². The van der Waals surface area contributed by atoms with Crippen molar-refractivity contribution in [1.82, 2.24) is 9.78 Å². The number of hydrogen-bond donors (Lipinski definition) is 1. The van der Waals surface area contributed by atoms with E-state index in [4.69, 9.17) is 0 Å². The van der Waals surface area contributed by atoms with E-state index in [-0.39, 0.29) is 5.91 Å². The Bertz CT molecular complexity index is 899. The Kier molecular flexibility index (Phi) is 3.80. The van der Waals surface area contributed by atoms with Crippen LogP contribution in [0.15, 0.2) is 48.5 Å². The summed E-state index contributed by atoms with van der Waals surface area (Å²) >= 11 is 0. The molecule has 1 heterocycles. The predicted molar refractivity (Wildman–Crippen MR) is 86.4 cm³/mol. The maximum Gasteiger partial charge on any atom is 0.337 e. The standard InChI is InChI=1S/C17H15N3O3/c1-20-14-9-4-3-8-13(14)15(19-20)16(21)18-12-7-5-6-11(10-12)17(22)23-2/h3-10H,1-2H3,(H,18,21). The summed E-state index contributed by atoms with van der Waals surface area (Å²) in [5.74, 6) is -0.784. The monoisotopic (exact) mass is 309 g/mol. The van der Waals surface area contributed by atoms with E-state index in [1.165, 1.54) is 7.11 Å². The highest BCUT2D eigenvalue weighted by Crippen LogP contribution is 2.19. The molecule has 0 fully saturated rings. The number of fused-ring (bicyclic) bond motifs is 1. The normalized spacial score (nSPS) is 10.5. The zero-order chi connectivity index (χ0) is 16.4. The van der Waals surface area contributed by atoms with Crippen LogP contribution in [-0.4, -0.2) is 28.8 Å². The number of hydrogen-bond acceptors (Lipinski definition) is 4. The van der Waals surface area contributed by atoms with E-state index in [2.05, 4.69) is 15.2 Å². The third kappa shape index (κ3) is 2.78. The Hall–Kier alpha value is -3.15. The first-order valence-corrected chi connectivity index (χ1v) is 7.01. The van der Waals surface area contributed by atoms with Crippen LogP contribution in [0.5, 0.6) is 0 Å². The number of ether oxygens (including phenoxy) is 1. The van der Waals surface area contributed by atoms with E-state index in [0.717, 1.165) is 10.9 Å². The third-order valence-electron chi connectivity index (χ3n) is 3.51. The summed E-state index contributed by atoms with van der Waals surface area (Å²) in [6.45, 7) is 0. The predicted octanol–water partition coefficient (Wildman–Crippen LogP) is 2.61. The molecule has 1 N–H and O–H groups in total. The molecule has 0 saturated heterocycles. The summed E-state index contributed by atoms with van der Waals surface area (Å²) in [5, 5.41) is 7.81. The minimum atomic E-state index is -0.454. The van der Waals surface area contributed by atoms with Crippen molar-refractivity contribution in [3.63, 3.8) is 0 Å². The van der Waals surface area contributed by atoms with Crippen LogP contribution in [0.25, 0.3) is 10.9 Å². The second-order valence-corrected chi connectivity index (χ2v) is 5.02. The van der Waals surface area contributed by atoms with Crippen LogP contribution >= 0.6 is 0 Å². The summed E-state index contributed by atoms with van der Waals surface area (Å²) in [5.41, 5.74) is 2.09. The molecular weight excluding hydrogens is 294 g/mol. The Morgan fingerprint density at radius 3 is 2.70 bits per heavy atom. The molecule has 6 nitrogen and oxygen atoms in total. The highest BCUT2D eigenvalue weighted by atomic mass is 16.5. The van der Waals surface area contributed by atoms with Gasteiger partial charge in [-0.15, -0.1) is 0 Å². The van der Waals surface area contributed by atoms with E-state index in [0.29, 0.717) is 16.9 Å². The fraction of sp³-hybridized carbons (Fsp3) is 0.118. The van der Waals surface area contributed by atoms with E-state index in [1.54, 1.807) is 36.0 Å². The lowest BCUT2D eigenvalue weighted by molar-refractivity contribution is 0.0600. The van der Waals surface area contributed by atoms with Crippen LogP contribution in [0.2, 0.25) is 0 Å². The van der Waals surface area contributed by atoms with Crippen LogP contribution in [0.4, 0.5) is 5.69 Å². The Labute approximate surface area is 132 Å². The van der Waals surface area contributed by atoms with Gasteiger partial charge in [-0.05, 0) is 24.3 Å². The van der Waals surface area contributed by atoms with Crippen LogP contribution in [0.3, 0.4) is 0 Å². The summed E-state index contributed by atoms with van der Waals surface area (Å²) in [6, 6.07) is 14.1. The first-order valence-electron chi connectivity index (χ1n) is 7.01. The molecule has 0 unspecified atom stereocenters. The van der Waals surface area contributed by atoms with Crippen molar-refractivity contribution in [2.24, 2.45) is 7.05 Å². The zero-order valence-electron chi connectivity index (χ0n) is 12.7. The van der Waals surface area contributed by atoms with Crippen molar-refractivity contribution in [1.29, 1.82) is 0 Å². The molecular formula is C17H15N3O3. The molecule has 0 aliphatic carbocycles. The van der Waals surface area contributed by atoms with Gasteiger partial charge in [0.1, 0.15) is 0 Å². The summed E-state index contributed by atoms with van der Waals surface area (Å²) in [7, 11) is 3.10. The number of nitrogens with one attached hydrogen (secondary N) is 1. The molecule has 0 saturated carbocycles. The number of carbonyl (C=O) groups is 2. The van der Waals surface area contributed by atoms with E-state index in [9.17, 15) is 9.59 Å². The number of rotatable bonds is 3. The van der Waals surface area contributed by atoms with Crippen molar-refractivity contribution in [3.05, 3.63) is 59.8 Å². The molecule has 6 heteroatoms. The van der Waals surface area contributed by atoms with E-state index >= 15 is 0 Å². The SMILES string of the molecule is COC(=O)c1cccc(NC(=O)c2nn(C)c3ccccc23)c1. The summed E-state index contributed by atoms with van der Waals surface area (Å²) in [6.07, 6.45) is 0.